The van der Waals surface area contributed by atoms with Gasteiger partial charge in [0.15, 0.2) is 0 Å². The molecular weight excluding hydrogens is 256 g/mol. The summed E-state index contributed by atoms with van der Waals surface area (Å²) in [5.41, 5.74) is 10.6. The van der Waals surface area contributed by atoms with Crippen molar-refractivity contribution in [3.63, 3.8) is 0 Å². The van der Waals surface area contributed by atoms with Gasteiger partial charge in [-0.1, -0.05) is 54.1 Å². The number of hydrogen-bond acceptors (Lipinski definition) is 2. The van der Waals surface area contributed by atoms with E-state index in [0.29, 0.717) is 5.02 Å². The predicted molar refractivity (Wildman–Crippen MR) is 81.3 cm³/mol. The third-order valence-electron chi connectivity index (χ3n) is 3.31. The summed E-state index contributed by atoms with van der Waals surface area (Å²) in [5, 5.41) is 1.53. The first-order chi connectivity index (χ1) is 9.18. The van der Waals surface area contributed by atoms with Crippen LogP contribution in [0.3, 0.4) is 0 Å². The molecule has 0 saturated carbocycles. The lowest BCUT2D eigenvalue weighted by Gasteiger charge is -2.12. The van der Waals surface area contributed by atoms with Crippen molar-refractivity contribution in [3.8, 4) is 11.3 Å². The number of nitrogens with two attached hydrogens (primary N) is 1. The van der Waals surface area contributed by atoms with Gasteiger partial charge in [-0.05, 0) is 18.6 Å². The van der Waals surface area contributed by atoms with E-state index in [0.717, 1.165) is 33.4 Å². The van der Waals surface area contributed by atoms with E-state index in [1.165, 1.54) is 0 Å². The Balaban J connectivity index is 2.39. The van der Waals surface area contributed by atoms with Crippen molar-refractivity contribution in [1.29, 1.82) is 0 Å². The number of aromatic nitrogens is 1. The Kier molecular flexibility index (Phi) is 2.88. The minimum Gasteiger partial charge on any atom is -0.398 e. The predicted octanol–water partition coefficient (Wildman–Crippen LogP) is 4.45. The molecule has 1 aromatic heterocycles. The molecule has 0 bridgehead atoms. The van der Waals surface area contributed by atoms with Crippen LogP contribution in [-0.2, 0) is 0 Å². The lowest BCUT2D eigenvalue weighted by Crippen LogP contribution is -1.98. The molecule has 3 rings (SSSR count). The van der Waals surface area contributed by atoms with Crippen LogP contribution in [0.4, 0.5) is 5.69 Å². The minimum atomic E-state index is 0.626. The molecule has 2 aromatic carbocycles. The standard InChI is InChI=1S/C16H13ClN2/c1-10-14(18)12-8-5-9-13(17)16(12)19-15(10)11-6-3-2-4-7-11/h2-9H,1H3,(H2,18,19). The number of hydrogen-bond donors (Lipinski definition) is 1. The van der Waals surface area contributed by atoms with Gasteiger partial charge in [0.25, 0.3) is 0 Å². The van der Waals surface area contributed by atoms with E-state index >= 15 is 0 Å². The summed E-state index contributed by atoms with van der Waals surface area (Å²) in [6.07, 6.45) is 0. The van der Waals surface area contributed by atoms with Crippen LogP contribution in [-0.4, -0.2) is 4.98 Å². The van der Waals surface area contributed by atoms with Crippen LogP contribution in [0, 0.1) is 6.92 Å². The van der Waals surface area contributed by atoms with Gasteiger partial charge in [0.2, 0.25) is 0 Å². The van der Waals surface area contributed by atoms with E-state index in [1.807, 2.05) is 55.5 Å². The molecule has 0 saturated heterocycles. The van der Waals surface area contributed by atoms with Crippen molar-refractivity contribution in [2.75, 3.05) is 5.73 Å². The average Bonchev–Trinajstić information content (AvgIpc) is 2.44. The van der Waals surface area contributed by atoms with Gasteiger partial charge in [0, 0.05) is 16.6 Å². The smallest absolute Gasteiger partial charge is 0.0916 e. The molecule has 0 spiro atoms. The van der Waals surface area contributed by atoms with Gasteiger partial charge in [0.05, 0.1) is 16.2 Å². The van der Waals surface area contributed by atoms with Gasteiger partial charge in [-0.15, -0.1) is 0 Å². The number of rotatable bonds is 1. The third kappa shape index (κ3) is 1.94. The number of para-hydroxylation sites is 1. The number of halogens is 1. The molecule has 94 valence electrons. The number of nitrogen functional groups attached to an aromatic ring is 1. The summed E-state index contributed by atoms with van der Waals surface area (Å²) in [6, 6.07) is 15.7. The number of pyridine rings is 1. The molecule has 1 heterocycles. The Morgan fingerprint density at radius 3 is 2.47 bits per heavy atom. The molecule has 0 aliphatic rings. The zero-order valence-electron chi connectivity index (χ0n) is 10.5. The van der Waals surface area contributed by atoms with E-state index in [9.17, 15) is 0 Å². The van der Waals surface area contributed by atoms with Crippen LogP contribution in [0.15, 0.2) is 48.5 Å². The summed E-state index contributed by atoms with van der Waals surface area (Å²) in [4.78, 5) is 4.69. The monoisotopic (exact) mass is 268 g/mol. The fourth-order valence-electron chi connectivity index (χ4n) is 2.25. The maximum atomic E-state index is 6.23. The zero-order valence-corrected chi connectivity index (χ0v) is 11.3. The SMILES string of the molecule is Cc1c(-c2ccccc2)nc2c(Cl)cccc2c1N. The third-order valence-corrected chi connectivity index (χ3v) is 3.61. The van der Waals surface area contributed by atoms with Crippen molar-refractivity contribution in [3.05, 3.63) is 59.1 Å². The lowest BCUT2D eigenvalue weighted by molar-refractivity contribution is 1.33. The van der Waals surface area contributed by atoms with E-state index in [1.54, 1.807) is 0 Å². The van der Waals surface area contributed by atoms with Crippen LogP contribution in [0.5, 0.6) is 0 Å². The number of benzene rings is 2. The van der Waals surface area contributed by atoms with Gasteiger partial charge in [-0.25, -0.2) is 4.98 Å². The van der Waals surface area contributed by atoms with E-state index in [4.69, 9.17) is 22.3 Å². The highest BCUT2D eigenvalue weighted by Crippen LogP contribution is 2.33. The Labute approximate surface area is 116 Å². The Morgan fingerprint density at radius 2 is 1.74 bits per heavy atom. The summed E-state index contributed by atoms with van der Waals surface area (Å²) in [6.45, 7) is 1.99. The second kappa shape index (κ2) is 4.56. The van der Waals surface area contributed by atoms with Gasteiger partial charge < -0.3 is 5.73 Å². The molecule has 0 aliphatic carbocycles. The quantitative estimate of drug-likeness (QED) is 0.708. The normalized spacial score (nSPS) is 10.8. The maximum Gasteiger partial charge on any atom is 0.0916 e. The molecular formula is C16H13ClN2. The molecule has 2 nitrogen and oxygen atoms in total. The van der Waals surface area contributed by atoms with Crippen molar-refractivity contribution in [1.82, 2.24) is 4.98 Å². The number of nitrogens with zero attached hydrogens (tertiary/aromatic N) is 1. The van der Waals surface area contributed by atoms with Crippen molar-refractivity contribution >= 4 is 28.2 Å². The highest BCUT2D eigenvalue weighted by molar-refractivity contribution is 6.35. The maximum absolute atomic E-state index is 6.23. The first kappa shape index (κ1) is 12.0. The molecule has 19 heavy (non-hydrogen) atoms. The van der Waals surface area contributed by atoms with Crippen LogP contribution in [0.2, 0.25) is 5.02 Å². The van der Waals surface area contributed by atoms with E-state index in [2.05, 4.69) is 0 Å². The molecule has 3 aromatic rings. The molecule has 0 amide bonds. The summed E-state index contributed by atoms with van der Waals surface area (Å²) in [5.74, 6) is 0. The zero-order chi connectivity index (χ0) is 13.4. The minimum absolute atomic E-state index is 0.626. The summed E-state index contributed by atoms with van der Waals surface area (Å²) >= 11 is 6.22. The number of fused-ring (bicyclic) bond motifs is 1. The first-order valence-electron chi connectivity index (χ1n) is 6.08. The molecule has 0 fully saturated rings. The van der Waals surface area contributed by atoms with Crippen LogP contribution in [0.25, 0.3) is 22.2 Å². The van der Waals surface area contributed by atoms with Crippen LogP contribution >= 0.6 is 11.6 Å². The fraction of sp³-hybridized carbons (Fsp3) is 0.0625. The van der Waals surface area contributed by atoms with Gasteiger partial charge >= 0.3 is 0 Å². The summed E-state index contributed by atoms with van der Waals surface area (Å²) < 4.78 is 0. The summed E-state index contributed by atoms with van der Waals surface area (Å²) in [7, 11) is 0. The highest BCUT2D eigenvalue weighted by Gasteiger charge is 2.12. The van der Waals surface area contributed by atoms with E-state index < -0.39 is 0 Å². The Bertz CT molecular complexity index is 752. The fourth-order valence-corrected chi connectivity index (χ4v) is 2.47. The molecule has 0 aliphatic heterocycles. The number of anilines is 1. The lowest BCUT2D eigenvalue weighted by atomic mass is 10.0. The van der Waals surface area contributed by atoms with Gasteiger partial charge in [-0.3, -0.25) is 0 Å². The molecule has 0 unspecified atom stereocenters. The topological polar surface area (TPSA) is 38.9 Å². The average molecular weight is 269 g/mol. The molecule has 3 heteroatoms. The Hall–Kier alpha value is -2.06. The second-order valence-corrected chi connectivity index (χ2v) is 4.91. The van der Waals surface area contributed by atoms with Crippen molar-refractivity contribution in [2.24, 2.45) is 0 Å². The van der Waals surface area contributed by atoms with Gasteiger partial charge in [-0.2, -0.15) is 0 Å². The highest BCUT2D eigenvalue weighted by atomic mass is 35.5. The molecule has 0 atom stereocenters. The van der Waals surface area contributed by atoms with Crippen molar-refractivity contribution in [2.45, 2.75) is 6.92 Å². The Morgan fingerprint density at radius 1 is 1.00 bits per heavy atom. The van der Waals surface area contributed by atoms with Crippen molar-refractivity contribution < 1.29 is 0 Å². The largest absolute Gasteiger partial charge is 0.398 e. The molecule has 0 radical (unpaired) electrons. The van der Waals surface area contributed by atoms with Crippen LogP contribution < -0.4 is 5.73 Å². The first-order valence-corrected chi connectivity index (χ1v) is 6.46. The van der Waals surface area contributed by atoms with E-state index in [-0.39, 0.29) is 0 Å². The van der Waals surface area contributed by atoms with Crippen LogP contribution in [0.1, 0.15) is 5.56 Å². The second-order valence-electron chi connectivity index (χ2n) is 4.50. The van der Waals surface area contributed by atoms with Gasteiger partial charge in [0.1, 0.15) is 0 Å². The molecule has 2 N–H and O–H groups in total.